The molecule has 3 nitrogen and oxygen atoms in total. The predicted molar refractivity (Wildman–Crippen MR) is 74.3 cm³/mol. The SMILES string of the molecule is Cc1ccc(CC(=O)Nc2c(N)ccc(F)c2F)cc1. The smallest absolute Gasteiger partial charge is 0.228 e. The molecular weight excluding hydrogens is 262 g/mol. The van der Waals surface area contributed by atoms with E-state index in [1.165, 1.54) is 6.07 Å². The van der Waals surface area contributed by atoms with Gasteiger partial charge in [-0.1, -0.05) is 29.8 Å². The van der Waals surface area contributed by atoms with Crippen molar-refractivity contribution in [2.45, 2.75) is 13.3 Å². The third-order valence-corrected chi connectivity index (χ3v) is 2.88. The zero-order chi connectivity index (χ0) is 14.7. The van der Waals surface area contributed by atoms with Crippen molar-refractivity contribution in [2.24, 2.45) is 0 Å². The first kappa shape index (κ1) is 14.0. The second-order valence-electron chi connectivity index (χ2n) is 4.54. The van der Waals surface area contributed by atoms with Crippen LogP contribution in [0.4, 0.5) is 20.2 Å². The molecule has 104 valence electrons. The number of nitrogens with two attached hydrogens (primary N) is 1. The molecule has 0 aliphatic heterocycles. The van der Waals surface area contributed by atoms with Crippen molar-refractivity contribution in [3.8, 4) is 0 Å². The Kier molecular flexibility index (Phi) is 3.98. The Bertz CT molecular complexity index is 639. The molecule has 20 heavy (non-hydrogen) atoms. The number of hydrogen-bond donors (Lipinski definition) is 2. The van der Waals surface area contributed by atoms with E-state index in [2.05, 4.69) is 5.32 Å². The monoisotopic (exact) mass is 276 g/mol. The Balaban J connectivity index is 2.12. The van der Waals surface area contributed by atoms with Crippen LogP contribution in [0, 0.1) is 18.6 Å². The first-order chi connectivity index (χ1) is 9.47. The summed E-state index contributed by atoms with van der Waals surface area (Å²) < 4.78 is 26.6. The molecule has 0 radical (unpaired) electrons. The fraction of sp³-hybridized carbons (Fsp3) is 0.133. The van der Waals surface area contributed by atoms with Crippen molar-refractivity contribution < 1.29 is 13.6 Å². The summed E-state index contributed by atoms with van der Waals surface area (Å²) in [5, 5.41) is 2.30. The molecule has 0 aromatic heterocycles. The third kappa shape index (κ3) is 3.12. The minimum atomic E-state index is -1.15. The molecule has 0 fully saturated rings. The van der Waals surface area contributed by atoms with E-state index < -0.39 is 17.5 Å². The predicted octanol–water partition coefficient (Wildman–Crippen LogP) is 3.04. The molecule has 2 aromatic carbocycles. The van der Waals surface area contributed by atoms with Gasteiger partial charge in [-0.15, -0.1) is 0 Å². The Labute approximate surface area is 115 Å². The summed E-state index contributed by atoms with van der Waals surface area (Å²) in [6.45, 7) is 1.94. The fourth-order valence-electron chi connectivity index (χ4n) is 1.77. The summed E-state index contributed by atoms with van der Waals surface area (Å²) in [5.41, 5.74) is 7.06. The summed E-state index contributed by atoms with van der Waals surface area (Å²) in [4.78, 5) is 11.8. The molecule has 0 saturated heterocycles. The van der Waals surface area contributed by atoms with Crippen LogP contribution in [0.1, 0.15) is 11.1 Å². The van der Waals surface area contributed by atoms with Crippen molar-refractivity contribution in [1.82, 2.24) is 0 Å². The fourth-order valence-corrected chi connectivity index (χ4v) is 1.77. The standard InChI is InChI=1S/C15H14F2N2O/c1-9-2-4-10(5-3-9)8-13(20)19-15-12(18)7-6-11(16)14(15)17/h2-7H,8,18H2,1H3,(H,19,20). The maximum absolute atomic E-state index is 13.5. The Morgan fingerprint density at radius 2 is 1.80 bits per heavy atom. The highest BCUT2D eigenvalue weighted by atomic mass is 19.2. The lowest BCUT2D eigenvalue weighted by Gasteiger charge is -2.10. The van der Waals surface area contributed by atoms with Crippen LogP contribution in [-0.4, -0.2) is 5.91 Å². The molecule has 3 N–H and O–H groups in total. The van der Waals surface area contributed by atoms with E-state index in [9.17, 15) is 13.6 Å². The van der Waals surface area contributed by atoms with Crippen LogP contribution in [0.2, 0.25) is 0 Å². The zero-order valence-electron chi connectivity index (χ0n) is 10.9. The van der Waals surface area contributed by atoms with Gasteiger partial charge < -0.3 is 11.1 Å². The number of hydrogen-bond acceptors (Lipinski definition) is 2. The maximum atomic E-state index is 13.5. The lowest BCUT2D eigenvalue weighted by Crippen LogP contribution is -2.17. The first-order valence-corrected chi connectivity index (χ1v) is 6.06. The van der Waals surface area contributed by atoms with Gasteiger partial charge in [0.2, 0.25) is 5.91 Å². The van der Waals surface area contributed by atoms with Crippen LogP contribution in [0.25, 0.3) is 0 Å². The van der Waals surface area contributed by atoms with Crippen molar-refractivity contribution in [3.63, 3.8) is 0 Å². The van der Waals surface area contributed by atoms with Gasteiger partial charge in [-0.3, -0.25) is 4.79 Å². The highest BCUT2D eigenvalue weighted by Gasteiger charge is 2.14. The van der Waals surface area contributed by atoms with Crippen molar-refractivity contribution in [3.05, 3.63) is 59.2 Å². The molecule has 0 aliphatic rings. The van der Waals surface area contributed by atoms with Crippen molar-refractivity contribution in [1.29, 1.82) is 0 Å². The average molecular weight is 276 g/mol. The van der Waals surface area contributed by atoms with Crippen LogP contribution in [0.15, 0.2) is 36.4 Å². The number of nitrogen functional groups attached to an aromatic ring is 1. The number of amides is 1. The van der Waals surface area contributed by atoms with Crippen LogP contribution in [0.3, 0.4) is 0 Å². The topological polar surface area (TPSA) is 55.1 Å². The van der Waals surface area contributed by atoms with Gasteiger partial charge >= 0.3 is 0 Å². The lowest BCUT2D eigenvalue weighted by molar-refractivity contribution is -0.115. The Hall–Kier alpha value is -2.43. The lowest BCUT2D eigenvalue weighted by atomic mass is 10.1. The molecule has 5 heteroatoms. The van der Waals surface area contributed by atoms with E-state index in [0.717, 1.165) is 17.2 Å². The Morgan fingerprint density at radius 1 is 1.15 bits per heavy atom. The molecule has 2 rings (SSSR count). The second-order valence-corrected chi connectivity index (χ2v) is 4.54. The van der Waals surface area contributed by atoms with Gasteiger partial charge in [0.05, 0.1) is 12.1 Å². The van der Waals surface area contributed by atoms with Crippen molar-refractivity contribution in [2.75, 3.05) is 11.1 Å². The number of nitrogens with one attached hydrogen (secondary N) is 1. The molecule has 0 heterocycles. The van der Waals surface area contributed by atoms with Crippen LogP contribution < -0.4 is 11.1 Å². The van der Waals surface area contributed by atoms with Crippen molar-refractivity contribution >= 4 is 17.3 Å². The summed E-state index contributed by atoms with van der Waals surface area (Å²) in [6, 6.07) is 9.49. The van der Waals surface area contributed by atoms with Gasteiger partial charge in [-0.05, 0) is 24.6 Å². The molecule has 0 unspecified atom stereocenters. The maximum Gasteiger partial charge on any atom is 0.228 e. The number of rotatable bonds is 3. The number of aryl methyl sites for hydroxylation is 1. The largest absolute Gasteiger partial charge is 0.397 e. The third-order valence-electron chi connectivity index (χ3n) is 2.88. The van der Waals surface area contributed by atoms with Crippen LogP contribution >= 0.6 is 0 Å². The minimum absolute atomic E-state index is 0.0128. The van der Waals surface area contributed by atoms with E-state index in [-0.39, 0.29) is 17.8 Å². The molecule has 0 atom stereocenters. The normalized spacial score (nSPS) is 10.3. The van der Waals surface area contributed by atoms with E-state index in [1.54, 1.807) is 12.1 Å². The van der Waals surface area contributed by atoms with E-state index in [1.807, 2.05) is 19.1 Å². The Morgan fingerprint density at radius 3 is 2.45 bits per heavy atom. The molecule has 1 amide bonds. The molecule has 2 aromatic rings. The van der Waals surface area contributed by atoms with E-state index >= 15 is 0 Å². The number of halogens is 2. The van der Waals surface area contributed by atoms with Gasteiger partial charge in [0, 0.05) is 0 Å². The molecule has 0 bridgehead atoms. The minimum Gasteiger partial charge on any atom is -0.397 e. The number of benzene rings is 2. The number of carbonyl (C=O) groups is 1. The number of anilines is 2. The quantitative estimate of drug-likeness (QED) is 0.847. The van der Waals surface area contributed by atoms with Gasteiger partial charge in [-0.2, -0.15) is 0 Å². The van der Waals surface area contributed by atoms with Crippen LogP contribution in [-0.2, 0) is 11.2 Å². The first-order valence-electron chi connectivity index (χ1n) is 6.06. The van der Waals surface area contributed by atoms with E-state index in [4.69, 9.17) is 5.73 Å². The highest BCUT2D eigenvalue weighted by Crippen LogP contribution is 2.24. The van der Waals surface area contributed by atoms with Gasteiger partial charge in [0.15, 0.2) is 11.6 Å². The summed E-state index contributed by atoms with van der Waals surface area (Å²) >= 11 is 0. The molecule has 0 aliphatic carbocycles. The summed E-state index contributed by atoms with van der Waals surface area (Å²) in [6.07, 6.45) is 0.0652. The second kappa shape index (κ2) is 5.69. The molecule has 0 spiro atoms. The summed E-state index contributed by atoms with van der Waals surface area (Å²) in [5.74, 6) is -2.66. The molecular formula is C15H14F2N2O. The number of carbonyl (C=O) groups excluding carboxylic acids is 1. The highest BCUT2D eigenvalue weighted by molar-refractivity contribution is 5.95. The van der Waals surface area contributed by atoms with E-state index in [0.29, 0.717) is 0 Å². The van der Waals surface area contributed by atoms with Crippen LogP contribution in [0.5, 0.6) is 0 Å². The van der Waals surface area contributed by atoms with Gasteiger partial charge in [-0.25, -0.2) is 8.78 Å². The summed E-state index contributed by atoms with van der Waals surface area (Å²) in [7, 11) is 0. The molecule has 0 saturated carbocycles. The zero-order valence-corrected chi connectivity index (χ0v) is 10.9. The van der Waals surface area contributed by atoms with Gasteiger partial charge in [0.25, 0.3) is 0 Å². The van der Waals surface area contributed by atoms with Gasteiger partial charge in [0.1, 0.15) is 5.69 Å². The average Bonchev–Trinajstić information content (AvgIpc) is 2.42.